The van der Waals surface area contributed by atoms with Gasteiger partial charge in [-0.2, -0.15) is 0 Å². The Kier molecular flexibility index (Phi) is 3.92. The van der Waals surface area contributed by atoms with Crippen LogP contribution in [0, 0.1) is 0 Å². The van der Waals surface area contributed by atoms with Gasteiger partial charge in [-0.3, -0.25) is 9.59 Å². The molecule has 0 atom stereocenters. The molecule has 1 aliphatic rings. The van der Waals surface area contributed by atoms with Crippen LogP contribution >= 0.6 is 23.4 Å². The molecular formula is C16H10ClNO3S. The summed E-state index contributed by atoms with van der Waals surface area (Å²) in [6.45, 7) is 0. The van der Waals surface area contributed by atoms with E-state index >= 15 is 0 Å². The van der Waals surface area contributed by atoms with E-state index in [9.17, 15) is 14.7 Å². The van der Waals surface area contributed by atoms with Gasteiger partial charge in [-0.15, -0.1) is 0 Å². The van der Waals surface area contributed by atoms with Gasteiger partial charge in [-0.05, 0) is 47.7 Å². The lowest BCUT2D eigenvalue weighted by Gasteiger charge is -2.11. The van der Waals surface area contributed by atoms with E-state index in [0.29, 0.717) is 16.2 Å². The van der Waals surface area contributed by atoms with Crippen LogP contribution in [-0.2, 0) is 4.79 Å². The van der Waals surface area contributed by atoms with Gasteiger partial charge in [0.05, 0.1) is 15.6 Å². The molecule has 0 radical (unpaired) electrons. The maximum Gasteiger partial charge on any atom is 0.298 e. The first kappa shape index (κ1) is 14.7. The molecule has 0 aromatic heterocycles. The Balaban J connectivity index is 1.93. The minimum absolute atomic E-state index is 0.0313. The summed E-state index contributed by atoms with van der Waals surface area (Å²) in [5.41, 5.74) is 1.18. The lowest BCUT2D eigenvalue weighted by atomic mass is 10.2. The van der Waals surface area contributed by atoms with E-state index < -0.39 is 0 Å². The second-order valence-corrected chi connectivity index (χ2v) is 5.96. The van der Waals surface area contributed by atoms with Gasteiger partial charge in [-0.1, -0.05) is 35.9 Å². The van der Waals surface area contributed by atoms with Gasteiger partial charge < -0.3 is 5.11 Å². The van der Waals surface area contributed by atoms with E-state index in [1.807, 2.05) is 6.07 Å². The van der Waals surface area contributed by atoms with E-state index in [2.05, 4.69) is 0 Å². The average Bonchev–Trinajstić information content (AvgIpc) is 2.78. The summed E-state index contributed by atoms with van der Waals surface area (Å²) in [5.74, 6) is -0.401. The molecule has 0 aliphatic carbocycles. The topological polar surface area (TPSA) is 57.6 Å². The number of hydrogen-bond acceptors (Lipinski definition) is 4. The van der Waals surface area contributed by atoms with Crippen molar-refractivity contribution in [3.05, 3.63) is 64.0 Å². The first-order valence-corrected chi connectivity index (χ1v) is 7.57. The Labute approximate surface area is 136 Å². The Bertz CT molecular complexity index is 789. The van der Waals surface area contributed by atoms with Crippen LogP contribution in [-0.4, -0.2) is 16.3 Å². The molecule has 1 heterocycles. The summed E-state index contributed by atoms with van der Waals surface area (Å²) in [6.07, 6.45) is 1.58. The van der Waals surface area contributed by atoms with Crippen LogP contribution in [0.25, 0.3) is 6.08 Å². The molecule has 2 amide bonds. The number of anilines is 1. The number of rotatable bonds is 2. The van der Waals surface area contributed by atoms with E-state index in [1.54, 1.807) is 36.4 Å². The largest absolute Gasteiger partial charge is 0.506 e. The molecule has 110 valence electrons. The quantitative estimate of drug-likeness (QED) is 0.834. The molecule has 1 aliphatic heterocycles. The second-order valence-electron chi connectivity index (χ2n) is 4.56. The van der Waals surface area contributed by atoms with Gasteiger partial charge in [0.25, 0.3) is 11.1 Å². The predicted molar refractivity (Wildman–Crippen MR) is 88.0 cm³/mol. The first-order chi connectivity index (χ1) is 10.6. The molecule has 6 heteroatoms. The lowest BCUT2D eigenvalue weighted by Crippen LogP contribution is -2.27. The molecule has 3 rings (SSSR count). The third-order valence-electron chi connectivity index (χ3n) is 3.08. The molecule has 0 unspecified atom stereocenters. The molecule has 0 saturated carbocycles. The van der Waals surface area contributed by atoms with Crippen molar-refractivity contribution in [3.8, 4) is 5.75 Å². The van der Waals surface area contributed by atoms with Crippen molar-refractivity contribution >= 4 is 46.3 Å². The number of nitrogens with zero attached hydrogens (tertiary/aromatic N) is 1. The fraction of sp³-hybridized carbons (Fsp3) is 0. The number of imide groups is 1. The molecule has 4 nitrogen and oxygen atoms in total. The minimum atomic E-state index is -0.370. The van der Waals surface area contributed by atoms with Gasteiger partial charge in [0.15, 0.2) is 0 Å². The van der Waals surface area contributed by atoms with Crippen molar-refractivity contribution in [2.24, 2.45) is 0 Å². The molecule has 0 bridgehead atoms. The van der Waals surface area contributed by atoms with Gasteiger partial charge in [0, 0.05) is 0 Å². The Hall–Kier alpha value is -2.24. The van der Waals surface area contributed by atoms with Crippen molar-refractivity contribution in [1.82, 2.24) is 0 Å². The van der Waals surface area contributed by atoms with E-state index in [1.165, 1.54) is 12.1 Å². The highest BCUT2D eigenvalue weighted by atomic mass is 35.5. The third-order valence-corrected chi connectivity index (χ3v) is 4.25. The smallest absolute Gasteiger partial charge is 0.298 e. The van der Waals surface area contributed by atoms with Crippen molar-refractivity contribution in [3.63, 3.8) is 0 Å². The highest BCUT2D eigenvalue weighted by Gasteiger charge is 2.36. The second kappa shape index (κ2) is 5.87. The Morgan fingerprint density at radius 2 is 1.82 bits per heavy atom. The van der Waals surface area contributed by atoms with Crippen molar-refractivity contribution < 1.29 is 14.7 Å². The van der Waals surface area contributed by atoms with Gasteiger partial charge in [0.2, 0.25) is 0 Å². The zero-order valence-corrected chi connectivity index (χ0v) is 12.8. The maximum atomic E-state index is 12.4. The van der Waals surface area contributed by atoms with Crippen molar-refractivity contribution in [1.29, 1.82) is 0 Å². The number of carbonyl (C=O) groups excluding carboxylic acids is 2. The number of aromatic hydroxyl groups is 1. The van der Waals surface area contributed by atoms with Crippen LogP contribution in [0.2, 0.25) is 5.02 Å². The lowest BCUT2D eigenvalue weighted by molar-refractivity contribution is -0.113. The van der Waals surface area contributed by atoms with Crippen molar-refractivity contribution in [2.45, 2.75) is 0 Å². The van der Waals surface area contributed by atoms with E-state index in [-0.39, 0.29) is 21.9 Å². The van der Waals surface area contributed by atoms with E-state index in [0.717, 1.165) is 16.7 Å². The Morgan fingerprint density at radius 3 is 2.50 bits per heavy atom. The van der Waals surface area contributed by atoms with Gasteiger partial charge >= 0.3 is 0 Å². The number of phenols is 1. The summed E-state index contributed by atoms with van der Waals surface area (Å²) in [7, 11) is 0. The number of amides is 2. The standard InChI is InChI=1S/C16H10ClNO3S/c17-12-8-10(6-7-13(12)19)9-14-15(20)18(16(21)22-14)11-4-2-1-3-5-11/h1-9,19H/b14-9+. The van der Waals surface area contributed by atoms with Crippen LogP contribution in [0.5, 0.6) is 5.75 Å². The summed E-state index contributed by atoms with van der Waals surface area (Å²) in [4.78, 5) is 25.9. The van der Waals surface area contributed by atoms with E-state index in [4.69, 9.17) is 11.6 Å². The number of benzene rings is 2. The number of phenolic OH excluding ortho intramolecular Hbond substituents is 1. The number of carbonyl (C=O) groups is 2. The molecule has 0 spiro atoms. The molecule has 2 aromatic rings. The highest BCUT2D eigenvalue weighted by molar-refractivity contribution is 8.19. The molecular weight excluding hydrogens is 322 g/mol. The molecule has 1 fully saturated rings. The van der Waals surface area contributed by atoms with Crippen LogP contribution in [0.15, 0.2) is 53.4 Å². The summed E-state index contributed by atoms with van der Waals surface area (Å²) < 4.78 is 0. The zero-order valence-electron chi connectivity index (χ0n) is 11.2. The van der Waals surface area contributed by atoms with Crippen LogP contribution in [0.3, 0.4) is 0 Å². The summed E-state index contributed by atoms with van der Waals surface area (Å²) >= 11 is 6.72. The molecule has 1 N–H and O–H groups in total. The summed E-state index contributed by atoms with van der Waals surface area (Å²) in [6, 6.07) is 13.4. The highest BCUT2D eigenvalue weighted by Crippen LogP contribution is 2.36. The normalized spacial score (nSPS) is 16.6. The predicted octanol–water partition coefficient (Wildman–Crippen LogP) is 4.29. The van der Waals surface area contributed by atoms with Crippen LogP contribution < -0.4 is 4.90 Å². The summed E-state index contributed by atoms with van der Waals surface area (Å²) in [5, 5.41) is 9.25. The minimum Gasteiger partial charge on any atom is -0.506 e. The van der Waals surface area contributed by atoms with Gasteiger partial charge in [0.1, 0.15) is 5.75 Å². The number of hydrogen-bond donors (Lipinski definition) is 1. The zero-order chi connectivity index (χ0) is 15.7. The van der Waals surface area contributed by atoms with Crippen LogP contribution in [0.4, 0.5) is 10.5 Å². The van der Waals surface area contributed by atoms with Crippen molar-refractivity contribution in [2.75, 3.05) is 4.90 Å². The van der Waals surface area contributed by atoms with Crippen LogP contribution in [0.1, 0.15) is 5.56 Å². The number of para-hydroxylation sites is 1. The maximum absolute atomic E-state index is 12.4. The number of thioether (sulfide) groups is 1. The fourth-order valence-corrected chi connectivity index (χ4v) is 3.06. The molecule has 2 aromatic carbocycles. The average molecular weight is 332 g/mol. The monoisotopic (exact) mass is 331 g/mol. The number of halogens is 1. The Morgan fingerprint density at radius 1 is 1.09 bits per heavy atom. The molecule has 22 heavy (non-hydrogen) atoms. The fourth-order valence-electron chi connectivity index (χ4n) is 2.03. The third kappa shape index (κ3) is 2.73. The van der Waals surface area contributed by atoms with Gasteiger partial charge in [-0.25, -0.2) is 4.90 Å². The SMILES string of the molecule is O=C1S/C(=C/c2ccc(O)c(Cl)c2)C(=O)N1c1ccccc1. The molecule has 1 saturated heterocycles. The first-order valence-electron chi connectivity index (χ1n) is 6.38.